The molecule has 1 unspecified atom stereocenters. The molecule has 104 valence electrons. The third-order valence-electron chi connectivity index (χ3n) is 4.28. The molecular weight excluding hydrogens is 254 g/mol. The van der Waals surface area contributed by atoms with Gasteiger partial charge in [0.05, 0.1) is 7.11 Å². The molecule has 2 atom stereocenters. The van der Waals surface area contributed by atoms with E-state index in [1.54, 1.807) is 0 Å². The van der Waals surface area contributed by atoms with Crippen LogP contribution in [0, 0.1) is 5.92 Å². The van der Waals surface area contributed by atoms with Gasteiger partial charge in [-0.1, -0.05) is 30.4 Å². The van der Waals surface area contributed by atoms with E-state index in [0.29, 0.717) is 5.69 Å². The average molecular weight is 271 g/mol. The molecule has 1 amide bonds. The third-order valence-corrected chi connectivity index (χ3v) is 4.28. The van der Waals surface area contributed by atoms with Crippen LogP contribution in [0.15, 0.2) is 36.4 Å². The molecule has 0 aromatic heterocycles. The maximum atomic E-state index is 12.6. The van der Waals surface area contributed by atoms with Crippen molar-refractivity contribution in [3.63, 3.8) is 0 Å². The van der Waals surface area contributed by atoms with Crippen LogP contribution in [0.2, 0.25) is 0 Å². The summed E-state index contributed by atoms with van der Waals surface area (Å²) in [5.41, 5.74) is 0.206. The molecule has 20 heavy (non-hydrogen) atoms. The number of amides is 1. The van der Waals surface area contributed by atoms with Crippen LogP contribution in [-0.4, -0.2) is 19.0 Å². The van der Waals surface area contributed by atoms with Crippen molar-refractivity contribution < 1.29 is 14.3 Å². The van der Waals surface area contributed by atoms with E-state index < -0.39 is 11.4 Å². The Bertz CT molecular complexity index is 583. The molecule has 4 nitrogen and oxygen atoms in total. The number of fused-ring (bicyclic) bond motifs is 1. The smallest absolute Gasteiger partial charge is 0.326 e. The zero-order chi connectivity index (χ0) is 14.2. The molecule has 1 heterocycles. The van der Waals surface area contributed by atoms with E-state index >= 15 is 0 Å². The monoisotopic (exact) mass is 271 g/mol. The zero-order valence-corrected chi connectivity index (χ0v) is 11.4. The Morgan fingerprint density at radius 1 is 1.40 bits per heavy atom. The van der Waals surface area contributed by atoms with Gasteiger partial charge >= 0.3 is 5.97 Å². The molecule has 0 spiro atoms. The highest BCUT2D eigenvalue weighted by Crippen LogP contribution is 2.47. The van der Waals surface area contributed by atoms with E-state index in [2.05, 4.69) is 5.32 Å². The molecule has 1 aromatic rings. The van der Waals surface area contributed by atoms with E-state index in [4.69, 9.17) is 4.74 Å². The second-order valence-corrected chi connectivity index (χ2v) is 5.26. The Kier molecular flexibility index (Phi) is 3.08. The number of hydrogen-bond acceptors (Lipinski definition) is 3. The number of nitrogens with one attached hydrogen (secondary N) is 1. The molecule has 1 N–H and O–H groups in total. The van der Waals surface area contributed by atoms with Gasteiger partial charge in [-0.15, -0.1) is 0 Å². The minimum Gasteiger partial charge on any atom is -0.468 e. The van der Waals surface area contributed by atoms with Crippen molar-refractivity contribution >= 4 is 17.6 Å². The van der Waals surface area contributed by atoms with Crippen LogP contribution in [0.1, 0.15) is 24.8 Å². The average Bonchev–Trinajstić information content (AvgIpc) is 2.80. The summed E-state index contributed by atoms with van der Waals surface area (Å²) in [7, 11) is 1.34. The first-order chi connectivity index (χ1) is 9.71. The second kappa shape index (κ2) is 4.78. The second-order valence-electron chi connectivity index (χ2n) is 5.26. The molecule has 0 saturated carbocycles. The van der Waals surface area contributed by atoms with Gasteiger partial charge in [0.1, 0.15) is 0 Å². The van der Waals surface area contributed by atoms with E-state index in [0.717, 1.165) is 24.8 Å². The van der Waals surface area contributed by atoms with Crippen LogP contribution in [0.25, 0.3) is 0 Å². The van der Waals surface area contributed by atoms with Crippen LogP contribution in [0.4, 0.5) is 5.69 Å². The van der Waals surface area contributed by atoms with Gasteiger partial charge < -0.3 is 10.1 Å². The molecule has 3 rings (SSSR count). The number of methoxy groups -OCH3 is 1. The number of esters is 1. The predicted octanol–water partition coefficient (Wildman–Crippen LogP) is 2.41. The molecule has 4 heteroatoms. The summed E-state index contributed by atoms with van der Waals surface area (Å²) in [5, 5.41) is 2.83. The lowest BCUT2D eigenvalue weighted by atomic mass is 9.67. The summed E-state index contributed by atoms with van der Waals surface area (Å²) >= 11 is 0. The number of para-hydroxylation sites is 1. The Balaban J connectivity index is 2.20. The number of carbonyl (C=O) groups excluding carboxylic acids is 2. The van der Waals surface area contributed by atoms with Crippen molar-refractivity contribution in [1.29, 1.82) is 0 Å². The normalized spacial score (nSPS) is 27.9. The van der Waals surface area contributed by atoms with Crippen molar-refractivity contribution in [2.45, 2.75) is 24.7 Å². The van der Waals surface area contributed by atoms with Gasteiger partial charge in [0.2, 0.25) is 5.91 Å². The third kappa shape index (κ3) is 1.60. The van der Waals surface area contributed by atoms with Crippen molar-refractivity contribution in [2.24, 2.45) is 5.92 Å². The molecule has 1 aliphatic carbocycles. The molecule has 0 bridgehead atoms. The van der Waals surface area contributed by atoms with E-state index in [9.17, 15) is 9.59 Å². The van der Waals surface area contributed by atoms with Gasteiger partial charge in [0.15, 0.2) is 5.41 Å². The summed E-state index contributed by atoms with van der Waals surface area (Å²) in [6, 6.07) is 7.36. The topological polar surface area (TPSA) is 55.4 Å². The number of hydrogen-bond donors (Lipinski definition) is 1. The fourth-order valence-electron chi connectivity index (χ4n) is 3.34. The lowest BCUT2D eigenvalue weighted by Gasteiger charge is -2.33. The Morgan fingerprint density at radius 3 is 2.90 bits per heavy atom. The van der Waals surface area contributed by atoms with Gasteiger partial charge in [0.25, 0.3) is 0 Å². The maximum absolute atomic E-state index is 12.6. The standard InChI is InChI=1S/C16H17NO3/c1-20-15(19)16(11-7-3-2-4-8-11)12-9-5-6-10-13(12)17-14(16)18/h3,5-7,9-11H,2,4,8H2,1H3,(H,17,18)/t11?,16-/m0/s1. The van der Waals surface area contributed by atoms with E-state index in [1.807, 2.05) is 36.4 Å². The van der Waals surface area contributed by atoms with Crippen molar-refractivity contribution in [3.05, 3.63) is 42.0 Å². The summed E-state index contributed by atoms with van der Waals surface area (Å²) in [4.78, 5) is 25.1. The number of rotatable bonds is 2. The van der Waals surface area contributed by atoms with E-state index in [-0.39, 0.29) is 11.8 Å². The largest absolute Gasteiger partial charge is 0.468 e. The number of benzene rings is 1. The van der Waals surface area contributed by atoms with Crippen molar-refractivity contribution in [3.8, 4) is 0 Å². The molecule has 1 aliphatic heterocycles. The fourth-order valence-corrected chi connectivity index (χ4v) is 3.34. The van der Waals surface area contributed by atoms with Crippen LogP contribution >= 0.6 is 0 Å². The van der Waals surface area contributed by atoms with Crippen LogP contribution in [-0.2, 0) is 19.7 Å². The molecule has 0 saturated heterocycles. The van der Waals surface area contributed by atoms with Gasteiger partial charge in [0, 0.05) is 17.2 Å². The van der Waals surface area contributed by atoms with Crippen molar-refractivity contribution in [2.75, 3.05) is 12.4 Å². The Morgan fingerprint density at radius 2 is 2.20 bits per heavy atom. The summed E-state index contributed by atoms with van der Waals surface area (Å²) in [6.07, 6.45) is 6.83. The lowest BCUT2D eigenvalue weighted by Crippen LogP contribution is -2.49. The molecular formula is C16H17NO3. The Labute approximate surface area is 117 Å². The van der Waals surface area contributed by atoms with Gasteiger partial charge in [-0.2, -0.15) is 0 Å². The first-order valence-electron chi connectivity index (χ1n) is 6.87. The molecule has 1 aromatic carbocycles. The molecule has 2 aliphatic rings. The SMILES string of the molecule is COC(=O)[C@]1(C2C=CCCC2)C(=O)Nc2ccccc21. The van der Waals surface area contributed by atoms with Gasteiger partial charge in [-0.05, 0) is 25.3 Å². The quantitative estimate of drug-likeness (QED) is 0.510. The highest BCUT2D eigenvalue weighted by atomic mass is 16.5. The number of allylic oxidation sites excluding steroid dienone is 2. The highest BCUT2D eigenvalue weighted by Gasteiger charge is 2.58. The number of carbonyl (C=O) groups is 2. The maximum Gasteiger partial charge on any atom is 0.326 e. The van der Waals surface area contributed by atoms with Gasteiger partial charge in [-0.3, -0.25) is 9.59 Å². The summed E-state index contributed by atoms with van der Waals surface area (Å²) in [5.74, 6) is -0.897. The van der Waals surface area contributed by atoms with Crippen LogP contribution < -0.4 is 5.32 Å². The first kappa shape index (κ1) is 12.9. The minimum atomic E-state index is -1.23. The number of ether oxygens (including phenoxy) is 1. The Hall–Kier alpha value is -2.10. The molecule has 0 fully saturated rings. The van der Waals surface area contributed by atoms with E-state index in [1.165, 1.54) is 7.11 Å². The molecule has 0 radical (unpaired) electrons. The zero-order valence-electron chi connectivity index (χ0n) is 11.4. The van der Waals surface area contributed by atoms with Crippen LogP contribution in [0.3, 0.4) is 0 Å². The highest BCUT2D eigenvalue weighted by molar-refractivity contribution is 6.19. The summed E-state index contributed by atoms with van der Waals surface area (Å²) < 4.78 is 4.98. The minimum absolute atomic E-state index is 0.146. The van der Waals surface area contributed by atoms with Crippen molar-refractivity contribution in [1.82, 2.24) is 0 Å². The van der Waals surface area contributed by atoms with Crippen LogP contribution in [0.5, 0.6) is 0 Å². The predicted molar refractivity (Wildman–Crippen MR) is 75.2 cm³/mol. The van der Waals surface area contributed by atoms with Gasteiger partial charge in [-0.25, -0.2) is 0 Å². The first-order valence-corrected chi connectivity index (χ1v) is 6.87. The lowest BCUT2D eigenvalue weighted by molar-refractivity contribution is -0.153. The number of anilines is 1. The summed E-state index contributed by atoms with van der Waals surface area (Å²) in [6.45, 7) is 0. The fraction of sp³-hybridized carbons (Fsp3) is 0.375.